The molecule has 13 heteroatoms. The van der Waals surface area contributed by atoms with Crippen molar-refractivity contribution in [1.82, 2.24) is 20.0 Å². The van der Waals surface area contributed by atoms with Crippen LogP contribution in [0.15, 0.2) is 59.9 Å². The van der Waals surface area contributed by atoms with Gasteiger partial charge in [0.2, 0.25) is 11.8 Å². The van der Waals surface area contributed by atoms with Crippen molar-refractivity contribution in [2.24, 2.45) is 4.99 Å². The van der Waals surface area contributed by atoms with Crippen LogP contribution in [0.3, 0.4) is 0 Å². The van der Waals surface area contributed by atoms with Crippen molar-refractivity contribution in [3.05, 3.63) is 104 Å². The van der Waals surface area contributed by atoms with Gasteiger partial charge in [0.15, 0.2) is 0 Å². The Bertz CT molecular complexity index is 2370. The molecule has 11 nitrogen and oxygen atoms in total. The SMILES string of the molecule is CC(=N)N1C(=N)[C@H](C)N=C(c2ccc(Cl)cc2)c2c1sc(C#Cc1cnn(CCCC#Cc3ccc4c(c3)CN(C3CCC(=O)NC3=O)C4=O)c1)c2C. The Balaban J connectivity index is 1.01. The van der Waals surface area contributed by atoms with E-state index in [1.165, 1.54) is 16.2 Å². The summed E-state index contributed by atoms with van der Waals surface area (Å²) in [6.07, 6.45) is 5.62. The van der Waals surface area contributed by atoms with Gasteiger partial charge in [0, 0.05) is 59.4 Å². The van der Waals surface area contributed by atoms with Gasteiger partial charge in [-0.1, -0.05) is 47.4 Å². The van der Waals surface area contributed by atoms with Gasteiger partial charge >= 0.3 is 0 Å². The number of rotatable bonds is 5. The number of hydrogen-bond acceptors (Lipinski definition) is 8. The molecule has 0 aliphatic carbocycles. The Hall–Kier alpha value is -5.82. The lowest BCUT2D eigenvalue weighted by molar-refractivity contribution is -0.136. The van der Waals surface area contributed by atoms with Gasteiger partial charge in [-0.2, -0.15) is 5.10 Å². The quantitative estimate of drug-likeness (QED) is 0.0764. The largest absolute Gasteiger partial charge is 0.322 e. The van der Waals surface area contributed by atoms with Crippen LogP contribution in [0.4, 0.5) is 5.00 Å². The molecule has 266 valence electrons. The van der Waals surface area contributed by atoms with Crippen LogP contribution in [-0.2, 0) is 22.7 Å². The van der Waals surface area contributed by atoms with E-state index < -0.39 is 18.0 Å². The molecule has 0 bridgehead atoms. The van der Waals surface area contributed by atoms with E-state index in [1.807, 2.05) is 61.1 Å². The van der Waals surface area contributed by atoms with Gasteiger partial charge in [-0.25, -0.2) is 0 Å². The highest BCUT2D eigenvalue weighted by Crippen LogP contribution is 2.40. The molecule has 3 amide bonds. The van der Waals surface area contributed by atoms with Crippen LogP contribution in [0.5, 0.6) is 0 Å². The number of nitrogens with one attached hydrogen (secondary N) is 3. The zero-order valence-electron chi connectivity index (χ0n) is 29.3. The first-order valence-corrected chi connectivity index (χ1v) is 18.4. The fourth-order valence-corrected chi connectivity index (χ4v) is 8.01. The summed E-state index contributed by atoms with van der Waals surface area (Å²) < 4.78 is 1.85. The molecule has 7 rings (SSSR count). The summed E-state index contributed by atoms with van der Waals surface area (Å²) in [6, 6.07) is 11.9. The van der Waals surface area contributed by atoms with Crippen molar-refractivity contribution >= 4 is 63.0 Å². The molecule has 1 saturated heterocycles. The molecular weight excluding hydrogens is 708 g/mol. The highest BCUT2D eigenvalue weighted by molar-refractivity contribution is 7.17. The molecule has 1 unspecified atom stereocenters. The first-order valence-electron chi connectivity index (χ1n) is 17.2. The maximum Gasteiger partial charge on any atom is 0.255 e. The predicted molar refractivity (Wildman–Crippen MR) is 206 cm³/mol. The van der Waals surface area contributed by atoms with E-state index in [-0.39, 0.29) is 29.9 Å². The van der Waals surface area contributed by atoms with E-state index in [9.17, 15) is 14.4 Å². The van der Waals surface area contributed by atoms with Crippen LogP contribution in [0.25, 0.3) is 0 Å². The van der Waals surface area contributed by atoms with E-state index in [0.717, 1.165) is 55.4 Å². The van der Waals surface area contributed by atoms with Crippen molar-refractivity contribution in [2.45, 2.75) is 71.6 Å². The van der Waals surface area contributed by atoms with Gasteiger partial charge in [0.25, 0.3) is 5.91 Å². The van der Waals surface area contributed by atoms with Crippen molar-refractivity contribution in [3.63, 3.8) is 0 Å². The van der Waals surface area contributed by atoms with Gasteiger partial charge in [-0.3, -0.25) is 45.1 Å². The molecule has 0 spiro atoms. The molecular formula is C40H35ClN8O3S. The van der Waals surface area contributed by atoms with Gasteiger partial charge in [0.1, 0.15) is 28.8 Å². The summed E-state index contributed by atoms with van der Waals surface area (Å²) in [4.78, 5) is 45.8. The van der Waals surface area contributed by atoms with Crippen molar-refractivity contribution < 1.29 is 14.4 Å². The molecule has 3 N–H and O–H groups in total. The third-order valence-electron chi connectivity index (χ3n) is 9.38. The van der Waals surface area contributed by atoms with Crippen LogP contribution < -0.4 is 10.2 Å². The first-order chi connectivity index (χ1) is 25.5. The van der Waals surface area contributed by atoms with Crippen molar-refractivity contribution in [1.29, 1.82) is 10.8 Å². The molecule has 3 aliphatic heterocycles. The highest BCUT2D eigenvalue weighted by atomic mass is 35.5. The van der Waals surface area contributed by atoms with E-state index in [0.29, 0.717) is 36.5 Å². The molecule has 0 saturated carbocycles. The summed E-state index contributed by atoms with van der Waals surface area (Å²) >= 11 is 7.64. The van der Waals surface area contributed by atoms with Crippen molar-refractivity contribution in [2.75, 3.05) is 4.90 Å². The lowest BCUT2D eigenvalue weighted by Crippen LogP contribution is -2.52. The molecule has 2 atom stereocenters. The Morgan fingerprint density at radius 2 is 1.89 bits per heavy atom. The zero-order valence-corrected chi connectivity index (χ0v) is 30.9. The Kier molecular flexibility index (Phi) is 9.84. The van der Waals surface area contributed by atoms with Gasteiger partial charge in [0.05, 0.1) is 22.3 Å². The van der Waals surface area contributed by atoms with E-state index in [2.05, 4.69) is 34.1 Å². The Morgan fingerprint density at radius 1 is 1.09 bits per heavy atom. The summed E-state index contributed by atoms with van der Waals surface area (Å²) in [7, 11) is 0. The average Bonchev–Trinajstić information content (AvgIpc) is 3.79. The summed E-state index contributed by atoms with van der Waals surface area (Å²) in [5.74, 6) is 12.5. The van der Waals surface area contributed by atoms with E-state index in [4.69, 9.17) is 27.4 Å². The lowest BCUT2D eigenvalue weighted by atomic mass is 9.99. The number of halogens is 1. The fraction of sp³-hybridized carbons (Fsp3) is 0.275. The van der Waals surface area contributed by atoms with Crippen LogP contribution >= 0.6 is 22.9 Å². The number of thiophene rings is 1. The predicted octanol–water partition coefficient (Wildman–Crippen LogP) is 5.92. The number of carbonyl (C=O) groups is 3. The minimum Gasteiger partial charge on any atom is -0.322 e. The van der Waals surface area contributed by atoms with E-state index in [1.54, 1.807) is 24.1 Å². The van der Waals surface area contributed by atoms with Gasteiger partial charge in [-0.05, 0) is 75.1 Å². The normalized spacial score (nSPS) is 17.9. The maximum absolute atomic E-state index is 13.0. The fourth-order valence-electron chi connectivity index (χ4n) is 6.65. The molecule has 3 aliphatic rings. The minimum atomic E-state index is -0.641. The number of amidine groups is 2. The molecule has 1 fully saturated rings. The number of amides is 3. The first kappa shape index (κ1) is 35.6. The Morgan fingerprint density at radius 3 is 2.64 bits per heavy atom. The van der Waals surface area contributed by atoms with Crippen molar-refractivity contribution in [3.8, 4) is 23.7 Å². The number of unbranched alkanes of at least 4 members (excludes halogenated alkanes) is 1. The van der Waals surface area contributed by atoms with Crippen LogP contribution in [-0.4, -0.2) is 61.9 Å². The number of anilines is 1. The minimum absolute atomic E-state index is 0.198. The molecule has 53 heavy (non-hydrogen) atoms. The number of aryl methyl sites for hydroxylation is 1. The van der Waals surface area contributed by atoms with Crippen LogP contribution in [0.2, 0.25) is 5.02 Å². The van der Waals surface area contributed by atoms with Gasteiger partial charge < -0.3 is 4.90 Å². The summed E-state index contributed by atoms with van der Waals surface area (Å²) in [5, 5.41) is 25.5. The molecule has 2 aromatic carbocycles. The second-order valence-electron chi connectivity index (χ2n) is 13.1. The topological polar surface area (TPSA) is 148 Å². The molecule has 0 radical (unpaired) electrons. The number of aliphatic imine (C=N–C) groups is 1. The smallest absolute Gasteiger partial charge is 0.255 e. The van der Waals surface area contributed by atoms with Gasteiger partial charge in [-0.15, -0.1) is 11.3 Å². The zero-order chi connectivity index (χ0) is 37.4. The summed E-state index contributed by atoms with van der Waals surface area (Å²) in [5.41, 5.74) is 6.40. The summed E-state index contributed by atoms with van der Waals surface area (Å²) in [6.45, 7) is 6.53. The standard InChI is InChI=1S/C40H35ClN8O3S/c1-23-33(53-40-35(23)36(28-10-12-30(41)13-11-28)45-24(2)37(43)49(40)25(3)42)16-9-27-20-44-47(21-27)18-6-4-5-7-26-8-14-31-29(19-26)22-48(39(31)52)32-15-17-34(50)46-38(32)51/h8,10-14,19-21,24,32,42-43H,4,6,15,17-18,22H2,1-3H3,(H,46,50,51)/t24-,32?/m0/s1. The highest BCUT2D eigenvalue weighted by Gasteiger charge is 2.39. The number of benzene rings is 2. The third kappa shape index (κ3) is 7.16. The second-order valence-corrected chi connectivity index (χ2v) is 14.6. The maximum atomic E-state index is 13.0. The van der Waals surface area contributed by atoms with Crippen LogP contribution in [0, 0.1) is 41.4 Å². The number of aromatic nitrogens is 2. The number of fused-ring (bicyclic) bond motifs is 2. The lowest BCUT2D eigenvalue weighted by Gasteiger charge is -2.29. The Labute approximate surface area is 316 Å². The second kappa shape index (κ2) is 14.7. The third-order valence-corrected chi connectivity index (χ3v) is 10.8. The number of nitrogens with zero attached hydrogens (tertiary/aromatic N) is 5. The number of piperidine rings is 1. The monoisotopic (exact) mass is 742 g/mol. The molecule has 5 heterocycles. The number of imide groups is 1. The van der Waals surface area contributed by atoms with E-state index >= 15 is 0 Å². The average molecular weight is 743 g/mol. The number of hydrogen-bond donors (Lipinski definition) is 3. The van der Waals surface area contributed by atoms with Crippen LogP contribution in [0.1, 0.15) is 88.1 Å². The molecule has 2 aromatic heterocycles. The number of carbonyl (C=O) groups excluding carboxylic acids is 3. The molecule has 4 aromatic rings.